The Kier molecular flexibility index (Phi) is 7.79. The Balaban J connectivity index is 1.14. The number of fused-ring (bicyclic) bond motifs is 6. The van der Waals surface area contributed by atoms with E-state index in [1.807, 2.05) is 72.8 Å². The summed E-state index contributed by atoms with van der Waals surface area (Å²) in [5.74, 6) is 0. The first-order valence-electron chi connectivity index (χ1n) is 18.3. The quantitative estimate of drug-likeness (QED) is 0.127. The molecule has 254 valence electrons. The molecule has 0 unspecified atom stereocenters. The molecule has 0 aliphatic rings. The zero-order chi connectivity index (χ0) is 36.1. The van der Waals surface area contributed by atoms with Gasteiger partial charge in [-0.05, 0) is 68.1 Å². The van der Waals surface area contributed by atoms with Gasteiger partial charge in [0.15, 0.2) is 7.14 Å². The molecule has 0 amide bonds. The molecule has 3 heteroatoms. The molecule has 10 aromatic rings. The third-order valence-electron chi connectivity index (χ3n) is 10.7. The third-order valence-corrected chi connectivity index (χ3v) is 13.8. The van der Waals surface area contributed by atoms with Crippen molar-refractivity contribution in [2.45, 2.75) is 0 Å². The van der Waals surface area contributed by atoms with E-state index in [0.717, 1.165) is 65.7 Å². The van der Waals surface area contributed by atoms with Crippen LogP contribution in [0.25, 0.3) is 76.7 Å². The zero-order valence-corrected chi connectivity index (χ0v) is 30.3. The van der Waals surface area contributed by atoms with E-state index in [2.05, 4.69) is 133 Å². The molecule has 0 fully saturated rings. The van der Waals surface area contributed by atoms with Gasteiger partial charge in [0.1, 0.15) is 0 Å². The molecule has 2 nitrogen and oxygen atoms in total. The Labute approximate surface area is 314 Å². The second kappa shape index (κ2) is 13.1. The maximum atomic E-state index is 15.0. The molecule has 54 heavy (non-hydrogen) atoms. The largest absolute Gasteiger partial charge is 0.309 e. The van der Waals surface area contributed by atoms with Crippen molar-refractivity contribution in [3.8, 4) is 33.5 Å². The smallest absolute Gasteiger partial charge is 0.171 e. The Morgan fingerprint density at radius 1 is 0.352 bits per heavy atom. The molecule has 1 aromatic heterocycles. The SMILES string of the molecule is O=P(c1ccccc1)(c1ccccc1)c1ccc(-c2cccc(-c3cc4c(-c5ccc6ccccc6c5)nc5ccccc5c4c4ccccc34)c2)cc1. The van der Waals surface area contributed by atoms with E-state index in [4.69, 9.17) is 4.98 Å². The van der Waals surface area contributed by atoms with E-state index in [-0.39, 0.29) is 0 Å². The highest BCUT2D eigenvalue weighted by molar-refractivity contribution is 7.85. The van der Waals surface area contributed by atoms with Crippen LogP contribution in [0, 0.1) is 0 Å². The molecule has 0 aliphatic carbocycles. The summed E-state index contributed by atoms with van der Waals surface area (Å²) in [6, 6.07) is 71.5. The molecular weight excluding hydrogens is 674 g/mol. The number of hydrogen-bond donors (Lipinski definition) is 0. The van der Waals surface area contributed by atoms with Gasteiger partial charge < -0.3 is 4.57 Å². The summed E-state index contributed by atoms with van der Waals surface area (Å²) < 4.78 is 15.0. The fourth-order valence-electron chi connectivity index (χ4n) is 8.06. The average Bonchev–Trinajstić information content (AvgIpc) is 3.26. The van der Waals surface area contributed by atoms with Crippen LogP contribution in [-0.2, 0) is 4.57 Å². The van der Waals surface area contributed by atoms with Crippen LogP contribution in [0.5, 0.6) is 0 Å². The van der Waals surface area contributed by atoms with E-state index in [0.29, 0.717) is 0 Å². The van der Waals surface area contributed by atoms with Gasteiger partial charge in [0, 0.05) is 37.6 Å². The van der Waals surface area contributed by atoms with Crippen LogP contribution in [0.3, 0.4) is 0 Å². The maximum Gasteiger partial charge on any atom is 0.171 e. The standard InChI is InChI=1S/C51H34NOP/c53-54(41-18-3-1-4-19-41,42-20-5-2-6-21-42)43-30-28-36(29-31-43)38-16-13-17-39(32-38)47-34-48-50(45-23-10-9-22-44(45)47)46-24-11-12-25-49(46)52-51(48)40-27-26-35-14-7-8-15-37(35)33-40/h1-34H. The monoisotopic (exact) mass is 707 g/mol. The Morgan fingerprint density at radius 3 is 1.67 bits per heavy atom. The van der Waals surface area contributed by atoms with Crippen molar-refractivity contribution in [3.05, 3.63) is 206 Å². The number of benzene rings is 9. The molecule has 10 rings (SSSR count). The molecule has 0 aliphatic heterocycles. The van der Waals surface area contributed by atoms with Crippen LogP contribution in [0.15, 0.2) is 206 Å². The summed E-state index contributed by atoms with van der Waals surface area (Å²) in [5.41, 5.74) is 7.53. The van der Waals surface area contributed by atoms with Crippen molar-refractivity contribution < 1.29 is 4.57 Å². The Bertz CT molecular complexity index is 3020. The van der Waals surface area contributed by atoms with Crippen molar-refractivity contribution in [1.29, 1.82) is 0 Å². The van der Waals surface area contributed by atoms with Gasteiger partial charge in [-0.1, -0.05) is 182 Å². The molecule has 0 radical (unpaired) electrons. The Hall–Kier alpha value is -6.60. The minimum Gasteiger partial charge on any atom is -0.309 e. The van der Waals surface area contributed by atoms with Crippen LogP contribution in [0.1, 0.15) is 0 Å². The molecule has 0 bridgehead atoms. The fraction of sp³-hybridized carbons (Fsp3) is 0. The maximum absolute atomic E-state index is 15.0. The van der Waals surface area contributed by atoms with Gasteiger partial charge >= 0.3 is 0 Å². The van der Waals surface area contributed by atoms with E-state index in [1.54, 1.807) is 0 Å². The normalized spacial score (nSPS) is 11.8. The number of rotatable bonds is 6. The predicted molar refractivity (Wildman–Crippen MR) is 230 cm³/mol. The highest BCUT2D eigenvalue weighted by Crippen LogP contribution is 2.44. The highest BCUT2D eigenvalue weighted by atomic mass is 31.2. The topological polar surface area (TPSA) is 30.0 Å². The molecule has 0 atom stereocenters. The van der Waals surface area contributed by atoms with E-state index in [1.165, 1.54) is 26.9 Å². The molecular formula is C51H34NOP. The molecule has 0 N–H and O–H groups in total. The van der Waals surface area contributed by atoms with Gasteiger partial charge in [-0.3, -0.25) is 0 Å². The number of para-hydroxylation sites is 1. The molecule has 0 spiro atoms. The molecule has 0 saturated heterocycles. The molecule has 9 aromatic carbocycles. The summed E-state index contributed by atoms with van der Waals surface area (Å²) in [7, 11) is -3.06. The number of aromatic nitrogens is 1. The lowest BCUT2D eigenvalue weighted by Gasteiger charge is -2.20. The van der Waals surface area contributed by atoms with Crippen LogP contribution >= 0.6 is 7.14 Å². The highest BCUT2D eigenvalue weighted by Gasteiger charge is 2.29. The first-order chi connectivity index (χ1) is 26.6. The van der Waals surface area contributed by atoms with Gasteiger partial charge in [0.25, 0.3) is 0 Å². The first kappa shape index (κ1) is 32.1. The number of hydrogen-bond acceptors (Lipinski definition) is 2. The predicted octanol–water partition coefficient (Wildman–Crippen LogP) is 12.3. The van der Waals surface area contributed by atoms with Gasteiger partial charge in [-0.25, -0.2) is 4.98 Å². The summed E-state index contributed by atoms with van der Waals surface area (Å²) in [4.78, 5) is 5.34. The van der Waals surface area contributed by atoms with Crippen LogP contribution < -0.4 is 15.9 Å². The summed E-state index contributed by atoms with van der Waals surface area (Å²) >= 11 is 0. The lowest BCUT2D eigenvalue weighted by atomic mass is 9.89. The van der Waals surface area contributed by atoms with Crippen LogP contribution in [0.2, 0.25) is 0 Å². The molecule has 1 heterocycles. The lowest BCUT2D eigenvalue weighted by molar-refractivity contribution is 0.592. The summed E-state index contributed by atoms with van der Waals surface area (Å²) in [6.07, 6.45) is 0. The fourth-order valence-corrected chi connectivity index (χ4v) is 10.7. The van der Waals surface area contributed by atoms with Gasteiger partial charge in [0.05, 0.1) is 11.2 Å². The van der Waals surface area contributed by atoms with Gasteiger partial charge in [-0.15, -0.1) is 0 Å². The second-order valence-corrected chi connectivity index (χ2v) is 16.6. The Morgan fingerprint density at radius 2 is 0.926 bits per heavy atom. The van der Waals surface area contributed by atoms with Crippen molar-refractivity contribution in [2.24, 2.45) is 0 Å². The van der Waals surface area contributed by atoms with Crippen molar-refractivity contribution in [2.75, 3.05) is 0 Å². The lowest BCUT2D eigenvalue weighted by Crippen LogP contribution is -2.24. The van der Waals surface area contributed by atoms with Crippen LogP contribution in [-0.4, -0.2) is 4.98 Å². The van der Waals surface area contributed by atoms with Crippen LogP contribution in [0.4, 0.5) is 0 Å². The average molecular weight is 708 g/mol. The summed E-state index contributed by atoms with van der Waals surface area (Å²) in [5, 5.41) is 10.8. The van der Waals surface area contributed by atoms with E-state index in [9.17, 15) is 0 Å². The van der Waals surface area contributed by atoms with Gasteiger partial charge in [0.2, 0.25) is 0 Å². The minimum atomic E-state index is -3.06. The summed E-state index contributed by atoms with van der Waals surface area (Å²) in [6.45, 7) is 0. The second-order valence-electron chi connectivity index (χ2n) is 13.8. The van der Waals surface area contributed by atoms with E-state index >= 15 is 4.57 Å². The third kappa shape index (κ3) is 5.35. The number of pyridine rings is 1. The zero-order valence-electron chi connectivity index (χ0n) is 29.4. The van der Waals surface area contributed by atoms with Crippen molar-refractivity contribution >= 4 is 66.3 Å². The number of nitrogens with zero attached hydrogens (tertiary/aromatic N) is 1. The first-order valence-corrected chi connectivity index (χ1v) is 20.0. The van der Waals surface area contributed by atoms with Gasteiger partial charge in [-0.2, -0.15) is 0 Å². The molecule has 0 saturated carbocycles. The van der Waals surface area contributed by atoms with Crippen molar-refractivity contribution in [1.82, 2.24) is 4.98 Å². The van der Waals surface area contributed by atoms with Crippen molar-refractivity contribution in [3.63, 3.8) is 0 Å². The minimum absolute atomic E-state index is 0.821. The van der Waals surface area contributed by atoms with E-state index < -0.39 is 7.14 Å².